The average Bonchev–Trinajstić information content (AvgIpc) is 3.06. The third-order valence-electron chi connectivity index (χ3n) is 4.80. The Hall–Kier alpha value is -2.41. The number of benzene rings is 2. The van der Waals surface area contributed by atoms with Crippen LogP contribution in [-0.2, 0) is 0 Å². The molecule has 3 aromatic rings. The zero-order valence-corrected chi connectivity index (χ0v) is 20.4. The van der Waals surface area contributed by atoms with Crippen molar-refractivity contribution in [2.45, 2.75) is 5.92 Å². The van der Waals surface area contributed by atoms with E-state index in [2.05, 4.69) is 57.3 Å². The average molecular weight is 634 g/mol. The van der Waals surface area contributed by atoms with E-state index in [4.69, 9.17) is 5.73 Å². The molecular weight excluding hydrogens is 622 g/mol. The van der Waals surface area contributed by atoms with E-state index < -0.39 is 5.92 Å². The molecular formula is C22H12I2N4OS. The number of hydrogen-bond acceptors (Lipinski definition) is 5. The van der Waals surface area contributed by atoms with Gasteiger partial charge in [0.05, 0.1) is 33.7 Å². The van der Waals surface area contributed by atoms with Crippen molar-refractivity contribution in [3.63, 3.8) is 0 Å². The molecule has 1 aromatic heterocycles. The lowest BCUT2D eigenvalue weighted by Crippen LogP contribution is -2.38. The molecule has 1 aliphatic heterocycles. The summed E-state index contributed by atoms with van der Waals surface area (Å²) < 4.78 is 4.17. The number of rotatable bonds is 2. The Labute approximate surface area is 203 Å². The van der Waals surface area contributed by atoms with Gasteiger partial charge in [0, 0.05) is 7.14 Å². The van der Waals surface area contributed by atoms with Crippen LogP contribution in [0.4, 0.5) is 0 Å². The van der Waals surface area contributed by atoms with Gasteiger partial charge in [-0.2, -0.15) is 10.5 Å². The predicted molar refractivity (Wildman–Crippen MR) is 134 cm³/mol. The van der Waals surface area contributed by atoms with Crippen LogP contribution in [0.15, 0.2) is 58.9 Å². The maximum absolute atomic E-state index is 13.2. The summed E-state index contributed by atoms with van der Waals surface area (Å²) in [5.41, 5.74) is 8.29. The highest BCUT2D eigenvalue weighted by molar-refractivity contribution is 14.1. The summed E-state index contributed by atoms with van der Waals surface area (Å²) in [5.74, 6) is -0.518. The largest absolute Gasteiger partial charge is 0.384 e. The lowest BCUT2D eigenvalue weighted by Gasteiger charge is -2.23. The van der Waals surface area contributed by atoms with Crippen molar-refractivity contribution in [1.29, 1.82) is 10.5 Å². The second-order valence-electron chi connectivity index (χ2n) is 6.47. The molecule has 146 valence electrons. The highest BCUT2D eigenvalue weighted by Gasteiger charge is 2.33. The summed E-state index contributed by atoms with van der Waals surface area (Å²) >= 11 is 5.62. The Morgan fingerprint density at radius 1 is 1.00 bits per heavy atom. The van der Waals surface area contributed by atoms with E-state index in [1.807, 2.05) is 48.5 Å². The van der Waals surface area contributed by atoms with Gasteiger partial charge in [-0.1, -0.05) is 36.4 Å². The summed E-state index contributed by atoms with van der Waals surface area (Å²) in [4.78, 5) is 13.2. The van der Waals surface area contributed by atoms with Gasteiger partial charge in [0.2, 0.25) is 0 Å². The second kappa shape index (κ2) is 8.38. The minimum Gasteiger partial charge on any atom is -0.384 e. The zero-order chi connectivity index (χ0) is 21.4. The quantitative estimate of drug-likeness (QED) is 0.439. The SMILES string of the molecule is N#CC1=C(N)n2c(s/c(=C/c3ccccc3I)c2=O)=C(C#N)[C@@H]1c1ccccc1I. The highest BCUT2D eigenvalue weighted by atomic mass is 127. The van der Waals surface area contributed by atoms with E-state index in [0.717, 1.165) is 18.3 Å². The molecule has 0 aliphatic carbocycles. The number of aromatic nitrogens is 1. The number of allylic oxidation sites excluding steroid dienone is 1. The first kappa shape index (κ1) is 20.8. The predicted octanol–water partition coefficient (Wildman–Crippen LogP) is 3.07. The Bertz CT molecular complexity index is 1480. The lowest BCUT2D eigenvalue weighted by atomic mass is 9.84. The Morgan fingerprint density at radius 3 is 2.27 bits per heavy atom. The van der Waals surface area contributed by atoms with Crippen molar-refractivity contribution >= 4 is 74.0 Å². The third kappa shape index (κ3) is 3.39. The van der Waals surface area contributed by atoms with Crippen molar-refractivity contribution in [3.8, 4) is 12.1 Å². The van der Waals surface area contributed by atoms with E-state index in [1.165, 1.54) is 15.9 Å². The summed E-state index contributed by atoms with van der Waals surface area (Å²) in [6, 6.07) is 19.7. The Kier molecular flexibility index (Phi) is 5.82. The fourth-order valence-corrected chi connectivity index (χ4v) is 5.77. The molecule has 4 rings (SSSR count). The van der Waals surface area contributed by atoms with Gasteiger partial charge in [0.25, 0.3) is 5.56 Å². The minimum atomic E-state index is -0.601. The number of nitriles is 2. The van der Waals surface area contributed by atoms with Crippen LogP contribution in [0.1, 0.15) is 17.0 Å². The van der Waals surface area contributed by atoms with Gasteiger partial charge in [-0.25, -0.2) is 0 Å². The van der Waals surface area contributed by atoms with Gasteiger partial charge in [0.15, 0.2) is 0 Å². The first-order chi connectivity index (χ1) is 14.5. The standard InChI is InChI=1S/C22H12I2N4OS/c23-16-7-3-1-5-12(16)9-18-21(29)28-20(27)14(10-25)19(15(11-26)22(28)30-18)13-6-2-4-8-17(13)24/h1-9,19H,27H2/b18-9+/t19-/m1/s1. The summed E-state index contributed by atoms with van der Waals surface area (Å²) in [5, 5.41) is 19.9. The topological polar surface area (TPSA) is 95.6 Å². The lowest BCUT2D eigenvalue weighted by molar-refractivity contribution is 0.904. The fraction of sp³-hybridized carbons (Fsp3) is 0.0455. The van der Waals surface area contributed by atoms with Crippen LogP contribution in [0, 0.1) is 29.8 Å². The summed E-state index contributed by atoms with van der Waals surface area (Å²) in [6.07, 6.45) is 1.80. The molecule has 0 saturated carbocycles. The van der Waals surface area contributed by atoms with Gasteiger partial charge in [-0.15, -0.1) is 11.3 Å². The second-order valence-corrected chi connectivity index (χ2v) is 9.82. The first-order valence-electron chi connectivity index (χ1n) is 8.75. The summed E-state index contributed by atoms with van der Waals surface area (Å²) in [6.45, 7) is 0. The Balaban J connectivity index is 2.10. The Morgan fingerprint density at radius 2 is 1.63 bits per heavy atom. The van der Waals surface area contributed by atoms with E-state index in [1.54, 1.807) is 6.08 Å². The molecule has 2 aromatic carbocycles. The molecule has 0 amide bonds. The monoisotopic (exact) mass is 634 g/mol. The van der Waals surface area contributed by atoms with Crippen LogP contribution < -0.4 is 20.5 Å². The van der Waals surface area contributed by atoms with Crippen LogP contribution in [0.2, 0.25) is 0 Å². The van der Waals surface area contributed by atoms with Crippen molar-refractivity contribution in [2.75, 3.05) is 0 Å². The van der Waals surface area contributed by atoms with Crippen LogP contribution in [0.25, 0.3) is 17.5 Å². The van der Waals surface area contributed by atoms with Crippen LogP contribution in [-0.4, -0.2) is 4.57 Å². The molecule has 0 bridgehead atoms. The fourth-order valence-electron chi connectivity index (χ4n) is 3.41. The van der Waals surface area contributed by atoms with Crippen molar-refractivity contribution in [1.82, 2.24) is 4.57 Å². The maximum atomic E-state index is 13.2. The molecule has 0 unspecified atom stereocenters. The minimum absolute atomic E-state index is 0.0832. The van der Waals surface area contributed by atoms with Gasteiger partial charge >= 0.3 is 0 Å². The van der Waals surface area contributed by atoms with Crippen LogP contribution in [0.5, 0.6) is 0 Å². The highest BCUT2D eigenvalue weighted by Crippen LogP contribution is 2.37. The molecule has 0 fully saturated rings. The first-order valence-corrected chi connectivity index (χ1v) is 11.7. The van der Waals surface area contributed by atoms with Gasteiger partial charge in [-0.05, 0) is 74.5 Å². The summed E-state index contributed by atoms with van der Waals surface area (Å²) in [7, 11) is 0. The van der Waals surface area contributed by atoms with Crippen LogP contribution in [0.3, 0.4) is 0 Å². The van der Waals surface area contributed by atoms with Crippen LogP contribution >= 0.6 is 56.5 Å². The number of hydrogen-bond donors (Lipinski definition) is 1. The maximum Gasteiger partial charge on any atom is 0.274 e. The van der Waals surface area contributed by atoms with E-state index in [-0.39, 0.29) is 17.0 Å². The molecule has 2 N–H and O–H groups in total. The molecule has 1 atom stereocenters. The van der Waals surface area contributed by atoms with Gasteiger partial charge in [0.1, 0.15) is 10.5 Å². The molecule has 8 heteroatoms. The zero-order valence-electron chi connectivity index (χ0n) is 15.3. The number of nitrogens with zero attached hydrogens (tertiary/aromatic N) is 3. The van der Waals surface area contributed by atoms with Gasteiger partial charge < -0.3 is 5.73 Å². The molecule has 2 heterocycles. The number of fused-ring (bicyclic) bond motifs is 1. The number of nitrogens with two attached hydrogens (primary N) is 1. The van der Waals surface area contributed by atoms with Crippen molar-refractivity contribution in [2.24, 2.45) is 5.73 Å². The molecule has 5 nitrogen and oxygen atoms in total. The molecule has 1 aliphatic rings. The van der Waals surface area contributed by atoms with E-state index in [9.17, 15) is 15.3 Å². The molecule has 0 saturated heterocycles. The molecule has 0 spiro atoms. The van der Waals surface area contributed by atoms with Crippen molar-refractivity contribution in [3.05, 3.63) is 91.9 Å². The molecule has 0 radical (unpaired) electrons. The molecule has 30 heavy (non-hydrogen) atoms. The van der Waals surface area contributed by atoms with E-state index in [0.29, 0.717) is 14.8 Å². The van der Waals surface area contributed by atoms with E-state index >= 15 is 0 Å². The van der Waals surface area contributed by atoms with Gasteiger partial charge in [-0.3, -0.25) is 9.36 Å². The van der Waals surface area contributed by atoms with Crippen molar-refractivity contribution < 1.29 is 0 Å². The third-order valence-corrected chi connectivity index (χ3v) is 7.87. The smallest absolute Gasteiger partial charge is 0.274 e. The number of halogens is 2. The normalized spacial score (nSPS) is 16.2. The number of thiazole rings is 1.